The third-order valence-corrected chi connectivity index (χ3v) is 2.11. The molecule has 0 aliphatic heterocycles. The van der Waals surface area contributed by atoms with Crippen LogP contribution < -0.4 is 10.4 Å². The highest BCUT2D eigenvalue weighted by Crippen LogP contribution is 2.19. The Bertz CT molecular complexity index is 584. The van der Waals surface area contributed by atoms with Crippen molar-refractivity contribution in [1.82, 2.24) is 5.43 Å². The van der Waals surface area contributed by atoms with Crippen molar-refractivity contribution >= 4 is 5.69 Å². The van der Waals surface area contributed by atoms with Gasteiger partial charge in [-0.15, -0.1) is 0 Å². The first-order chi connectivity index (χ1) is 8.63. The van der Waals surface area contributed by atoms with Gasteiger partial charge in [0.15, 0.2) is 0 Å². The van der Waals surface area contributed by atoms with E-state index in [4.69, 9.17) is 15.8 Å². The summed E-state index contributed by atoms with van der Waals surface area (Å²) < 4.78 is 13.3. The summed E-state index contributed by atoms with van der Waals surface area (Å²) in [6.07, 6.45) is 1.17. The number of benzene rings is 1. The molecule has 18 heavy (non-hydrogen) atoms. The van der Waals surface area contributed by atoms with Gasteiger partial charge in [0.05, 0.1) is 5.69 Å². The van der Waals surface area contributed by atoms with E-state index < -0.39 is 5.82 Å². The van der Waals surface area contributed by atoms with E-state index in [9.17, 15) is 4.39 Å². The van der Waals surface area contributed by atoms with Crippen molar-refractivity contribution in [2.24, 2.45) is 0 Å². The van der Waals surface area contributed by atoms with Gasteiger partial charge in [-0.25, -0.2) is 4.39 Å². The Labute approximate surface area is 104 Å². The van der Waals surface area contributed by atoms with Crippen LogP contribution in [-0.2, 0) is 0 Å². The summed E-state index contributed by atoms with van der Waals surface area (Å²) in [5.74, 6) is -0.631. The van der Waals surface area contributed by atoms with Crippen LogP contribution in [0.25, 0.3) is 0 Å². The van der Waals surface area contributed by atoms with E-state index in [1.165, 1.54) is 23.3 Å². The molecule has 0 unspecified atom stereocenters. The third-order valence-electron chi connectivity index (χ3n) is 2.11. The zero-order valence-electron chi connectivity index (χ0n) is 9.48. The molecule has 0 fully saturated rings. The van der Waals surface area contributed by atoms with Crippen LogP contribution in [0.2, 0.25) is 0 Å². The van der Waals surface area contributed by atoms with Gasteiger partial charge in [0.1, 0.15) is 35.2 Å². The lowest BCUT2D eigenvalue weighted by molar-refractivity contribution is 0.622. The molecular weight excluding hydrogens is 233 g/mol. The second kappa shape index (κ2) is 5.89. The normalized spacial score (nSPS) is 8.39. The maximum absolute atomic E-state index is 13.3. The molecule has 0 saturated carbocycles. The number of halogens is 1. The average molecular weight is 241 g/mol. The summed E-state index contributed by atoms with van der Waals surface area (Å²) in [6, 6.07) is 9.28. The number of hydrogen-bond acceptors (Lipinski definition) is 5. The number of rotatable bonds is 3. The van der Waals surface area contributed by atoms with Gasteiger partial charge in [0.25, 0.3) is 0 Å². The summed E-state index contributed by atoms with van der Waals surface area (Å²) in [5.41, 5.74) is 2.68. The predicted molar refractivity (Wildman–Crippen MR) is 62.0 cm³/mol. The first kappa shape index (κ1) is 13.0. The monoisotopic (exact) mass is 241 g/mol. The number of hydrogen-bond donors (Lipinski definition) is 1. The first-order valence-electron chi connectivity index (χ1n) is 4.83. The zero-order chi connectivity index (χ0) is 13.5. The van der Waals surface area contributed by atoms with Gasteiger partial charge >= 0.3 is 0 Å². The fourth-order valence-electron chi connectivity index (χ4n) is 1.22. The molecule has 0 amide bonds. The van der Waals surface area contributed by atoms with Crippen molar-refractivity contribution in [1.29, 1.82) is 15.8 Å². The Morgan fingerprint density at radius 1 is 1.33 bits per heavy atom. The topological polar surface area (TPSA) is 86.6 Å². The highest BCUT2D eigenvalue weighted by Gasteiger charge is 2.10. The van der Waals surface area contributed by atoms with Gasteiger partial charge in [-0.2, -0.15) is 15.8 Å². The van der Waals surface area contributed by atoms with Crippen LogP contribution in [-0.4, -0.2) is 7.05 Å². The van der Waals surface area contributed by atoms with E-state index in [0.717, 1.165) is 0 Å². The minimum atomic E-state index is -0.631. The second-order valence-electron chi connectivity index (χ2n) is 3.22. The van der Waals surface area contributed by atoms with Gasteiger partial charge in [0, 0.05) is 13.2 Å². The van der Waals surface area contributed by atoms with Gasteiger partial charge in [0.2, 0.25) is 0 Å². The quantitative estimate of drug-likeness (QED) is 0.641. The summed E-state index contributed by atoms with van der Waals surface area (Å²) in [6.45, 7) is 0. The second-order valence-corrected chi connectivity index (χ2v) is 3.22. The first-order valence-corrected chi connectivity index (χ1v) is 4.83. The summed E-state index contributed by atoms with van der Waals surface area (Å²) in [7, 11) is 1.54. The highest BCUT2D eigenvalue weighted by molar-refractivity contribution is 5.59. The van der Waals surface area contributed by atoms with Crippen LogP contribution in [0, 0.1) is 39.8 Å². The standard InChI is InChI=1S/C12H8FN5/c1-18(17-8-9(5-14)6-15)12-4-2-3-11(13)10(12)7-16/h2-4,8,17H,1H3. The van der Waals surface area contributed by atoms with Crippen molar-refractivity contribution in [3.8, 4) is 18.2 Å². The predicted octanol–water partition coefficient (Wildman–Crippen LogP) is 1.57. The van der Waals surface area contributed by atoms with E-state index in [0.29, 0.717) is 5.69 Å². The molecule has 0 aliphatic rings. The molecular formula is C12H8FN5. The number of nitrogens with one attached hydrogen (secondary N) is 1. The Hall–Kier alpha value is -3.04. The number of nitriles is 3. The molecule has 6 heteroatoms. The molecule has 0 atom stereocenters. The number of allylic oxidation sites excluding steroid dienone is 1. The summed E-state index contributed by atoms with van der Waals surface area (Å²) in [5, 5.41) is 27.3. The van der Waals surface area contributed by atoms with Crippen LogP contribution in [0.3, 0.4) is 0 Å². The molecule has 1 N–H and O–H groups in total. The van der Waals surface area contributed by atoms with E-state index in [-0.39, 0.29) is 11.1 Å². The van der Waals surface area contributed by atoms with E-state index in [2.05, 4.69) is 5.43 Å². The molecule has 88 valence electrons. The third kappa shape index (κ3) is 2.75. The SMILES string of the molecule is CN(NC=C(C#N)C#N)c1cccc(F)c1C#N. The lowest BCUT2D eigenvalue weighted by Crippen LogP contribution is -2.30. The Morgan fingerprint density at radius 3 is 2.56 bits per heavy atom. The number of hydrazine groups is 1. The van der Waals surface area contributed by atoms with Crippen LogP contribution in [0.4, 0.5) is 10.1 Å². The van der Waals surface area contributed by atoms with E-state index in [1.807, 2.05) is 0 Å². The van der Waals surface area contributed by atoms with Crippen LogP contribution in [0.5, 0.6) is 0 Å². The fourth-order valence-corrected chi connectivity index (χ4v) is 1.22. The van der Waals surface area contributed by atoms with Gasteiger partial charge in [-0.05, 0) is 12.1 Å². The van der Waals surface area contributed by atoms with Gasteiger partial charge < -0.3 is 5.43 Å². The molecule has 1 aromatic carbocycles. The van der Waals surface area contributed by atoms with Crippen molar-refractivity contribution in [3.63, 3.8) is 0 Å². The van der Waals surface area contributed by atoms with Crippen LogP contribution in [0.1, 0.15) is 5.56 Å². The molecule has 0 radical (unpaired) electrons. The lowest BCUT2D eigenvalue weighted by Gasteiger charge is -2.20. The zero-order valence-corrected chi connectivity index (χ0v) is 9.48. The number of nitrogens with zero attached hydrogens (tertiary/aromatic N) is 4. The Morgan fingerprint density at radius 2 is 2.00 bits per heavy atom. The van der Waals surface area contributed by atoms with Gasteiger partial charge in [-0.3, -0.25) is 5.01 Å². The Kier molecular flexibility index (Phi) is 4.26. The number of anilines is 1. The lowest BCUT2D eigenvalue weighted by atomic mass is 10.2. The largest absolute Gasteiger partial charge is 0.304 e. The minimum absolute atomic E-state index is 0.114. The smallest absolute Gasteiger partial charge is 0.147 e. The molecule has 1 aromatic rings. The van der Waals surface area contributed by atoms with Gasteiger partial charge in [-0.1, -0.05) is 6.07 Å². The Balaban J connectivity index is 3.01. The molecule has 5 nitrogen and oxygen atoms in total. The van der Waals surface area contributed by atoms with E-state index >= 15 is 0 Å². The molecule has 0 bridgehead atoms. The van der Waals surface area contributed by atoms with Crippen molar-refractivity contribution in [2.45, 2.75) is 0 Å². The van der Waals surface area contributed by atoms with Crippen molar-refractivity contribution < 1.29 is 4.39 Å². The molecule has 0 aliphatic carbocycles. The maximum atomic E-state index is 13.3. The fraction of sp³-hybridized carbons (Fsp3) is 0.0833. The summed E-state index contributed by atoms with van der Waals surface area (Å²) >= 11 is 0. The maximum Gasteiger partial charge on any atom is 0.147 e. The molecule has 1 rings (SSSR count). The van der Waals surface area contributed by atoms with E-state index in [1.54, 1.807) is 31.3 Å². The summed E-state index contributed by atoms with van der Waals surface area (Å²) in [4.78, 5) is 0. The van der Waals surface area contributed by atoms with Crippen LogP contribution in [0.15, 0.2) is 30.0 Å². The average Bonchev–Trinajstić information content (AvgIpc) is 2.39. The molecule has 0 aromatic heterocycles. The van der Waals surface area contributed by atoms with Crippen molar-refractivity contribution in [3.05, 3.63) is 41.4 Å². The molecule has 0 spiro atoms. The van der Waals surface area contributed by atoms with Crippen molar-refractivity contribution in [2.75, 3.05) is 12.1 Å². The highest BCUT2D eigenvalue weighted by atomic mass is 19.1. The minimum Gasteiger partial charge on any atom is -0.304 e. The molecule has 0 saturated heterocycles. The molecule has 0 heterocycles. The van der Waals surface area contributed by atoms with Crippen LogP contribution >= 0.6 is 0 Å².